The highest BCUT2D eigenvalue weighted by Crippen LogP contribution is 2.23. The van der Waals surface area contributed by atoms with E-state index in [1.54, 1.807) is 7.05 Å². The quantitative estimate of drug-likeness (QED) is 0.653. The fourth-order valence-corrected chi connectivity index (χ4v) is 1.75. The number of carbonyl (C=O) groups is 3. The third kappa shape index (κ3) is 1.29. The lowest BCUT2D eigenvalue weighted by Crippen LogP contribution is -2.15. The number of ether oxygens (including phenoxy) is 1. The average molecular weight is 219 g/mol. The van der Waals surface area contributed by atoms with E-state index >= 15 is 0 Å². The van der Waals surface area contributed by atoms with Crippen LogP contribution in [-0.4, -0.2) is 29.2 Å². The Hall–Kier alpha value is -2.17. The van der Waals surface area contributed by atoms with Gasteiger partial charge in [-0.05, 0) is 12.2 Å². The van der Waals surface area contributed by atoms with Gasteiger partial charge in [-0.2, -0.15) is 0 Å². The summed E-state index contributed by atoms with van der Waals surface area (Å²) < 4.78 is 6.02. The van der Waals surface area contributed by atoms with Crippen molar-refractivity contribution >= 4 is 17.5 Å². The number of esters is 1. The first-order valence-electron chi connectivity index (χ1n) is 4.60. The van der Waals surface area contributed by atoms with E-state index in [1.165, 1.54) is 23.9 Å². The van der Waals surface area contributed by atoms with E-state index in [0.717, 1.165) is 6.08 Å². The number of aryl methyl sites for hydroxylation is 1. The average Bonchev–Trinajstić information content (AvgIpc) is 2.62. The van der Waals surface area contributed by atoms with Crippen LogP contribution in [0.2, 0.25) is 0 Å². The van der Waals surface area contributed by atoms with Crippen LogP contribution in [0, 0.1) is 0 Å². The monoisotopic (exact) mass is 219 g/mol. The minimum Gasteiger partial charge on any atom is -0.465 e. The van der Waals surface area contributed by atoms with Crippen LogP contribution < -0.4 is 0 Å². The molecule has 1 aliphatic rings. The summed E-state index contributed by atoms with van der Waals surface area (Å²) in [5.41, 5.74) is 0.484. The van der Waals surface area contributed by atoms with E-state index in [-0.39, 0.29) is 28.4 Å². The van der Waals surface area contributed by atoms with E-state index in [1.807, 2.05) is 0 Å². The normalized spacial score (nSPS) is 13.9. The molecule has 1 aromatic heterocycles. The van der Waals surface area contributed by atoms with Crippen molar-refractivity contribution in [2.75, 3.05) is 7.11 Å². The standard InChI is InChI=1S/C11H9NO4/c1-12-5-6(11(15)16-2)9-7(13)3-4-8(14)10(9)12/h3-5H,1-2H3. The maximum absolute atomic E-state index is 11.6. The lowest BCUT2D eigenvalue weighted by Gasteiger charge is -2.06. The van der Waals surface area contributed by atoms with Crippen LogP contribution in [0.4, 0.5) is 0 Å². The summed E-state index contributed by atoms with van der Waals surface area (Å²) in [6.07, 6.45) is 3.79. The highest BCUT2D eigenvalue weighted by atomic mass is 16.5. The van der Waals surface area contributed by atoms with E-state index in [2.05, 4.69) is 4.74 Å². The molecule has 0 bridgehead atoms. The molecule has 0 amide bonds. The molecular weight excluding hydrogens is 210 g/mol. The number of nitrogens with zero attached hydrogens (tertiary/aromatic N) is 1. The van der Waals surface area contributed by atoms with Crippen LogP contribution >= 0.6 is 0 Å². The fourth-order valence-electron chi connectivity index (χ4n) is 1.75. The fraction of sp³-hybridized carbons (Fsp3) is 0.182. The van der Waals surface area contributed by atoms with Crippen molar-refractivity contribution < 1.29 is 19.1 Å². The van der Waals surface area contributed by atoms with Crippen molar-refractivity contribution in [3.63, 3.8) is 0 Å². The molecule has 1 aliphatic carbocycles. The molecule has 5 heteroatoms. The molecule has 0 radical (unpaired) electrons. The first kappa shape index (κ1) is 10.4. The highest BCUT2D eigenvalue weighted by molar-refractivity contribution is 6.24. The van der Waals surface area contributed by atoms with Crippen LogP contribution in [0.25, 0.3) is 0 Å². The molecule has 0 saturated carbocycles. The lowest BCUT2D eigenvalue weighted by molar-refractivity contribution is 0.0597. The summed E-state index contributed by atoms with van der Waals surface area (Å²) in [5, 5.41) is 0. The van der Waals surface area contributed by atoms with Gasteiger partial charge < -0.3 is 9.30 Å². The van der Waals surface area contributed by atoms with Gasteiger partial charge in [-0.15, -0.1) is 0 Å². The molecule has 5 nitrogen and oxygen atoms in total. The molecule has 82 valence electrons. The smallest absolute Gasteiger partial charge is 0.340 e. The maximum atomic E-state index is 11.6. The summed E-state index contributed by atoms with van der Waals surface area (Å²) in [6, 6.07) is 0. The van der Waals surface area contributed by atoms with Gasteiger partial charge in [0.15, 0.2) is 5.78 Å². The number of rotatable bonds is 1. The van der Waals surface area contributed by atoms with E-state index in [0.29, 0.717) is 0 Å². The Bertz CT molecular complexity index is 536. The predicted molar refractivity (Wildman–Crippen MR) is 54.6 cm³/mol. The predicted octanol–water partition coefficient (Wildman–Crippen LogP) is 0.747. The largest absolute Gasteiger partial charge is 0.465 e. The van der Waals surface area contributed by atoms with Gasteiger partial charge in [0.2, 0.25) is 5.78 Å². The van der Waals surface area contributed by atoms with Gasteiger partial charge >= 0.3 is 5.97 Å². The van der Waals surface area contributed by atoms with Gasteiger partial charge in [-0.1, -0.05) is 0 Å². The summed E-state index contributed by atoms with van der Waals surface area (Å²) in [4.78, 5) is 34.6. The Balaban J connectivity index is 2.70. The van der Waals surface area contributed by atoms with Gasteiger partial charge in [-0.3, -0.25) is 9.59 Å². The second-order valence-corrected chi connectivity index (χ2v) is 3.43. The van der Waals surface area contributed by atoms with Crippen molar-refractivity contribution in [2.45, 2.75) is 0 Å². The first-order valence-corrected chi connectivity index (χ1v) is 4.60. The molecule has 2 rings (SSSR count). The number of methoxy groups -OCH3 is 1. The van der Waals surface area contributed by atoms with E-state index in [9.17, 15) is 14.4 Å². The van der Waals surface area contributed by atoms with Crippen molar-refractivity contribution in [3.05, 3.63) is 35.2 Å². The van der Waals surface area contributed by atoms with Crippen LogP contribution in [0.15, 0.2) is 18.3 Å². The molecule has 0 N–H and O–H groups in total. The lowest BCUT2D eigenvalue weighted by atomic mass is 9.98. The third-order valence-corrected chi connectivity index (χ3v) is 2.45. The molecule has 0 atom stereocenters. The van der Waals surface area contributed by atoms with E-state index < -0.39 is 5.97 Å². The molecule has 0 spiro atoms. The Morgan fingerprint density at radius 1 is 1.25 bits per heavy atom. The zero-order valence-electron chi connectivity index (χ0n) is 8.81. The molecule has 0 unspecified atom stereocenters. The Kier molecular flexibility index (Phi) is 2.23. The molecule has 0 fully saturated rings. The molecule has 0 aromatic carbocycles. The van der Waals surface area contributed by atoms with E-state index in [4.69, 9.17) is 0 Å². The number of aromatic nitrogens is 1. The maximum Gasteiger partial charge on any atom is 0.340 e. The third-order valence-electron chi connectivity index (χ3n) is 2.45. The van der Waals surface area contributed by atoms with Crippen molar-refractivity contribution in [3.8, 4) is 0 Å². The number of hydrogen-bond donors (Lipinski definition) is 0. The first-order chi connectivity index (χ1) is 7.56. The second-order valence-electron chi connectivity index (χ2n) is 3.43. The Morgan fingerprint density at radius 2 is 1.88 bits per heavy atom. The Morgan fingerprint density at radius 3 is 2.50 bits per heavy atom. The van der Waals surface area contributed by atoms with Gasteiger partial charge in [0.1, 0.15) is 5.69 Å². The van der Waals surface area contributed by atoms with Crippen LogP contribution in [0.5, 0.6) is 0 Å². The Labute approximate surface area is 91.3 Å². The number of fused-ring (bicyclic) bond motifs is 1. The molecule has 0 aliphatic heterocycles. The molecule has 16 heavy (non-hydrogen) atoms. The summed E-state index contributed by atoms with van der Waals surface area (Å²) >= 11 is 0. The zero-order valence-corrected chi connectivity index (χ0v) is 8.81. The van der Waals surface area contributed by atoms with Crippen molar-refractivity contribution in [2.24, 2.45) is 7.05 Å². The van der Waals surface area contributed by atoms with Crippen molar-refractivity contribution in [1.82, 2.24) is 4.57 Å². The van der Waals surface area contributed by atoms with Crippen LogP contribution in [0.3, 0.4) is 0 Å². The zero-order chi connectivity index (χ0) is 11.9. The second kappa shape index (κ2) is 3.44. The van der Waals surface area contributed by atoms with Crippen LogP contribution in [0.1, 0.15) is 31.2 Å². The van der Waals surface area contributed by atoms with Crippen molar-refractivity contribution in [1.29, 1.82) is 0 Å². The van der Waals surface area contributed by atoms with Gasteiger partial charge in [0.05, 0.1) is 18.2 Å². The van der Waals surface area contributed by atoms with Gasteiger partial charge in [0.25, 0.3) is 0 Å². The summed E-state index contributed by atoms with van der Waals surface area (Å²) in [7, 11) is 2.84. The molecule has 0 saturated heterocycles. The minimum absolute atomic E-state index is 0.127. The summed E-state index contributed by atoms with van der Waals surface area (Å²) in [5.74, 6) is -1.25. The topological polar surface area (TPSA) is 65.4 Å². The number of carbonyl (C=O) groups excluding carboxylic acids is 3. The van der Waals surface area contributed by atoms with Gasteiger partial charge in [0, 0.05) is 13.2 Å². The molecule has 1 aromatic rings. The number of hydrogen-bond acceptors (Lipinski definition) is 4. The minimum atomic E-state index is -0.617. The summed E-state index contributed by atoms with van der Waals surface area (Å²) in [6.45, 7) is 0. The highest BCUT2D eigenvalue weighted by Gasteiger charge is 2.29. The molecule has 1 heterocycles. The molecular formula is C11H9NO4. The van der Waals surface area contributed by atoms with Gasteiger partial charge in [-0.25, -0.2) is 4.79 Å². The SMILES string of the molecule is COC(=O)c1cn(C)c2c1C(=O)C=CC2=O. The number of ketones is 2. The number of allylic oxidation sites excluding steroid dienone is 2. The van der Waals surface area contributed by atoms with Crippen LogP contribution in [-0.2, 0) is 11.8 Å².